The van der Waals surface area contributed by atoms with Crippen LogP contribution >= 0.6 is 0 Å². The molecule has 1 aliphatic heterocycles. The summed E-state index contributed by atoms with van der Waals surface area (Å²) in [5, 5.41) is 6.10. The van der Waals surface area contributed by atoms with Crippen molar-refractivity contribution in [2.75, 3.05) is 19.6 Å². The maximum Gasteiger partial charge on any atom is 0.315 e. The summed E-state index contributed by atoms with van der Waals surface area (Å²) in [5.41, 5.74) is 0.937. The van der Waals surface area contributed by atoms with Crippen molar-refractivity contribution in [3.63, 3.8) is 0 Å². The average Bonchev–Trinajstić information content (AvgIpc) is 2.68. The predicted molar refractivity (Wildman–Crippen MR) is 129 cm³/mol. The number of hydrogen-bond acceptors (Lipinski definition) is 3. The number of nitrogens with zero attached hydrogens (tertiary/aromatic N) is 1. The van der Waals surface area contributed by atoms with Crippen molar-refractivity contribution in [1.82, 2.24) is 14.9 Å². The molecule has 2 aliphatic rings. The van der Waals surface area contributed by atoms with Gasteiger partial charge in [-0.1, -0.05) is 59.1 Å². The molecule has 0 spiro atoms. The number of urea groups is 1. The standard InChI is InChI=1S/C22H35N3O3S.2CH4/c1-18-9-7-13-21(15-18)29(27,28)25-14-8-10-19(17-25)16-23-22(26)24-20-11-5-3-2-4-6-12-20;;/h7,9,13,15,19-20H,2-6,8,10-12,14,16-17H2,1H3,(H2,23,24,26);2*1H4. The summed E-state index contributed by atoms with van der Waals surface area (Å²) >= 11 is 0. The van der Waals surface area contributed by atoms with E-state index < -0.39 is 10.0 Å². The second kappa shape index (κ2) is 13.1. The van der Waals surface area contributed by atoms with Gasteiger partial charge < -0.3 is 10.6 Å². The molecule has 0 radical (unpaired) electrons. The van der Waals surface area contributed by atoms with Gasteiger partial charge in [0.05, 0.1) is 4.90 Å². The van der Waals surface area contributed by atoms with Crippen molar-refractivity contribution >= 4 is 16.1 Å². The van der Waals surface area contributed by atoms with Crippen LogP contribution in [0.3, 0.4) is 0 Å². The molecule has 1 atom stereocenters. The van der Waals surface area contributed by atoms with E-state index in [1.165, 1.54) is 32.1 Å². The van der Waals surface area contributed by atoms with E-state index in [1.54, 1.807) is 22.5 Å². The molecular weight excluding hydrogens is 410 g/mol. The Hall–Kier alpha value is -1.60. The normalized spacial score (nSPS) is 21.0. The molecule has 178 valence electrons. The SMILES string of the molecule is C.C.Cc1cccc(S(=O)(=O)N2CCCC(CNC(=O)NC3CCCCCCC3)C2)c1. The Balaban J connectivity index is 0.00000240. The van der Waals surface area contributed by atoms with Crippen LogP contribution in [0, 0.1) is 12.8 Å². The number of piperidine rings is 1. The smallest absolute Gasteiger partial charge is 0.315 e. The van der Waals surface area contributed by atoms with Gasteiger partial charge in [-0.15, -0.1) is 0 Å². The van der Waals surface area contributed by atoms with Crippen LogP contribution < -0.4 is 10.6 Å². The van der Waals surface area contributed by atoms with Crippen LogP contribution in [-0.2, 0) is 10.0 Å². The number of carbonyl (C=O) groups excluding carboxylic acids is 1. The molecule has 7 heteroatoms. The van der Waals surface area contributed by atoms with Crippen LogP contribution in [-0.4, -0.2) is 44.4 Å². The van der Waals surface area contributed by atoms with E-state index in [2.05, 4.69) is 10.6 Å². The molecular formula is C24H43N3O3S. The molecule has 1 heterocycles. The highest BCUT2D eigenvalue weighted by Crippen LogP contribution is 2.24. The first-order valence-corrected chi connectivity index (χ1v) is 12.5. The zero-order valence-electron chi connectivity index (χ0n) is 17.5. The fourth-order valence-corrected chi connectivity index (χ4v) is 6.07. The molecule has 1 aromatic rings. The predicted octanol–water partition coefficient (Wildman–Crippen LogP) is 5.08. The summed E-state index contributed by atoms with van der Waals surface area (Å²) in [4.78, 5) is 12.7. The lowest BCUT2D eigenvalue weighted by molar-refractivity contribution is 0.224. The Morgan fingerprint density at radius 1 is 1.03 bits per heavy atom. The summed E-state index contributed by atoms with van der Waals surface area (Å²) in [6.07, 6.45) is 10.0. The number of rotatable bonds is 5. The fraction of sp³-hybridized carbons (Fsp3) is 0.708. The van der Waals surface area contributed by atoms with E-state index >= 15 is 0 Å². The van der Waals surface area contributed by atoms with Gasteiger partial charge in [0.25, 0.3) is 0 Å². The second-order valence-corrected chi connectivity index (χ2v) is 10.5. The number of carbonyl (C=O) groups is 1. The van der Waals surface area contributed by atoms with E-state index in [-0.39, 0.29) is 32.8 Å². The van der Waals surface area contributed by atoms with Crippen LogP contribution in [0.5, 0.6) is 0 Å². The molecule has 1 saturated carbocycles. The first-order chi connectivity index (χ1) is 13.9. The lowest BCUT2D eigenvalue weighted by atomic mass is 9.97. The van der Waals surface area contributed by atoms with Crippen molar-refractivity contribution in [2.45, 2.75) is 90.5 Å². The number of aryl methyl sites for hydroxylation is 1. The van der Waals surface area contributed by atoms with Gasteiger partial charge in [0.15, 0.2) is 0 Å². The molecule has 2 N–H and O–H groups in total. The van der Waals surface area contributed by atoms with E-state index in [4.69, 9.17) is 0 Å². The number of sulfonamides is 1. The van der Waals surface area contributed by atoms with Crippen molar-refractivity contribution in [1.29, 1.82) is 0 Å². The minimum Gasteiger partial charge on any atom is -0.338 e. The third-order valence-corrected chi connectivity index (χ3v) is 7.96. The first-order valence-electron chi connectivity index (χ1n) is 11.1. The van der Waals surface area contributed by atoms with Gasteiger partial charge in [-0.05, 0) is 56.2 Å². The highest BCUT2D eigenvalue weighted by Gasteiger charge is 2.30. The molecule has 1 saturated heterocycles. The molecule has 0 aromatic heterocycles. The summed E-state index contributed by atoms with van der Waals surface area (Å²) < 4.78 is 27.5. The molecule has 1 aliphatic carbocycles. The molecule has 2 amide bonds. The molecule has 31 heavy (non-hydrogen) atoms. The van der Waals surface area contributed by atoms with Gasteiger partial charge in [0.1, 0.15) is 0 Å². The van der Waals surface area contributed by atoms with Gasteiger partial charge in [0.2, 0.25) is 10.0 Å². The lowest BCUT2D eigenvalue weighted by Gasteiger charge is -2.32. The van der Waals surface area contributed by atoms with Gasteiger partial charge >= 0.3 is 6.03 Å². The zero-order valence-corrected chi connectivity index (χ0v) is 18.3. The highest BCUT2D eigenvalue weighted by atomic mass is 32.2. The van der Waals surface area contributed by atoms with E-state index in [1.807, 2.05) is 13.0 Å². The van der Waals surface area contributed by atoms with Crippen molar-refractivity contribution < 1.29 is 13.2 Å². The summed E-state index contributed by atoms with van der Waals surface area (Å²) in [6, 6.07) is 7.21. The summed E-state index contributed by atoms with van der Waals surface area (Å²) in [7, 11) is -3.48. The Kier molecular flexibility index (Phi) is 11.6. The summed E-state index contributed by atoms with van der Waals surface area (Å²) in [5.74, 6) is 0.145. The van der Waals surface area contributed by atoms with Gasteiger partial charge in [0, 0.05) is 25.7 Å². The fourth-order valence-electron chi connectivity index (χ4n) is 4.41. The van der Waals surface area contributed by atoms with Crippen molar-refractivity contribution in [2.24, 2.45) is 5.92 Å². The number of benzene rings is 1. The topological polar surface area (TPSA) is 78.5 Å². The maximum absolute atomic E-state index is 13.0. The molecule has 3 rings (SSSR count). The minimum atomic E-state index is -3.48. The molecule has 1 aromatic carbocycles. The molecule has 2 fully saturated rings. The van der Waals surface area contributed by atoms with Gasteiger partial charge in [-0.25, -0.2) is 13.2 Å². The largest absolute Gasteiger partial charge is 0.338 e. The van der Waals surface area contributed by atoms with Crippen molar-refractivity contribution in [3.8, 4) is 0 Å². The number of amides is 2. The first kappa shape index (κ1) is 27.4. The van der Waals surface area contributed by atoms with Crippen LogP contribution in [0.25, 0.3) is 0 Å². The maximum atomic E-state index is 13.0. The van der Waals surface area contributed by atoms with Crippen molar-refractivity contribution in [3.05, 3.63) is 29.8 Å². The lowest BCUT2D eigenvalue weighted by Crippen LogP contribution is -2.47. The van der Waals surface area contributed by atoms with Crippen LogP contribution in [0.1, 0.15) is 78.2 Å². The molecule has 6 nitrogen and oxygen atoms in total. The van der Waals surface area contributed by atoms with Crippen LogP contribution in [0.2, 0.25) is 0 Å². The number of nitrogens with one attached hydrogen (secondary N) is 2. The Morgan fingerprint density at radius 2 is 1.71 bits per heavy atom. The quantitative estimate of drug-likeness (QED) is 0.652. The average molecular weight is 454 g/mol. The summed E-state index contributed by atoms with van der Waals surface area (Å²) in [6.45, 7) is 3.41. The Labute approximate surface area is 190 Å². The van der Waals surface area contributed by atoms with E-state index in [9.17, 15) is 13.2 Å². The third kappa shape index (κ3) is 8.11. The van der Waals surface area contributed by atoms with Gasteiger partial charge in [-0.3, -0.25) is 0 Å². The Morgan fingerprint density at radius 3 is 2.39 bits per heavy atom. The van der Waals surface area contributed by atoms with Crippen LogP contribution in [0.4, 0.5) is 4.79 Å². The van der Waals surface area contributed by atoms with E-state index in [0.29, 0.717) is 24.5 Å². The third-order valence-electron chi connectivity index (χ3n) is 6.10. The van der Waals surface area contributed by atoms with Gasteiger partial charge in [-0.2, -0.15) is 4.31 Å². The van der Waals surface area contributed by atoms with E-state index in [0.717, 1.165) is 31.2 Å². The highest BCUT2D eigenvalue weighted by molar-refractivity contribution is 7.89. The molecule has 1 unspecified atom stereocenters. The molecule has 0 bridgehead atoms. The number of hydrogen-bond donors (Lipinski definition) is 2. The minimum absolute atomic E-state index is 0. The van der Waals surface area contributed by atoms with Crippen LogP contribution in [0.15, 0.2) is 29.2 Å². The second-order valence-electron chi connectivity index (χ2n) is 8.58. The monoisotopic (exact) mass is 453 g/mol. The zero-order chi connectivity index (χ0) is 20.7. The Bertz CT molecular complexity index is 774.